The lowest BCUT2D eigenvalue weighted by molar-refractivity contribution is 0.252. The van der Waals surface area contributed by atoms with Crippen molar-refractivity contribution in [3.8, 4) is 5.88 Å². The number of pyridine rings is 1. The largest absolute Gasteiger partial charge is 0.478 e. The van der Waals surface area contributed by atoms with Gasteiger partial charge in [-0.3, -0.25) is 0 Å². The highest BCUT2D eigenvalue weighted by atomic mass is 16.5. The van der Waals surface area contributed by atoms with Gasteiger partial charge in [-0.2, -0.15) is 0 Å². The number of rotatable bonds is 6. The summed E-state index contributed by atoms with van der Waals surface area (Å²) in [4.78, 5) is 15.3. The van der Waals surface area contributed by atoms with E-state index in [0.717, 1.165) is 12.8 Å². The summed E-state index contributed by atoms with van der Waals surface area (Å²) in [5.74, 6) is 0.583. The molecule has 5 heteroatoms. The lowest BCUT2D eigenvalue weighted by Gasteiger charge is -2.07. The van der Waals surface area contributed by atoms with Crippen LogP contribution in [0.15, 0.2) is 18.3 Å². The molecule has 0 unspecified atom stereocenters. The first-order valence-corrected chi connectivity index (χ1v) is 5.90. The molecule has 0 saturated carbocycles. The van der Waals surface area contributed by atoms with Crippen molar-refractivity contribution in [3.63, 3.8) is 0 Å². The molecule has 0 bridgehead atoms. The maximum Gasteiger partial charge on any atom is 0.319 e. The Kier molecular flexibility index (Phi) is 5.85. The van der Waals surface area contributed by atoms with Gasteiger partial charge in [0.05, 0.1) is 18.5 Å². The van der Waals surface area contributed by atoms with Crippen molar-refractivity contribution in [2.75, 3.05) is 18.5 Å². The predicted molar refractivity (Wildman–Crippen MR) is 67.3 cm³/mol. The van der Waals surface area contributed by atoms with Crippen molar-refractivity contribution in [2.45, 2.75) is 26.7 Å². The number of aromatic nitrogens is 1. The summed E-state index contributed by atoms with van der Waals surface area (Å²) < 4.78 is 5.41. The first-order valence-electron chi connectivity index (χ1n) is 5.90. The molecule has 0 spiro atoms. The SMILES string of the molecule is CCCCOc1ccc(NC(=O)NCC)cn1. The minimum Gasteiger partial charge on any atom is -0.478 e. The molecule has 17 heavy (non-hydrogen) atoms. The number of unbranched alkanes of at least 4 members (excludes halogenated alkanes) is 1. The molecule has 0 aromatic carbocycles. The quantitative estimate of drug-likeness (QED) is 0.747. The standard InChI is InChI=1S/C12H19N3O2/c1-3-5-8-17-11-7-6-10(9-14-11)15-12(16)13-4-2/h6-7,9H,3-5,8H2,1-2H3,(H2,13,15,16). The fourth-order valence-corrected chi connectivity index (χ4v) is 1.20. The molecule has 0 aliphatic heterocycles. The van der Waals surface area contributed by atoms with Crippen molar-refractivity contribution >= 4 is 11.7 Å². The fraction of sp³-hybridized carbons (Fsp3) is 0.500. The van der Waals surface area contributed by atoms with Crippen LogP contribution in [0, 0.1) is 0 Å². The fourth-order valence-electron chi connectivity index (χ4n) is 1.20. The Hall–Kier alpha value is -1.78. The Morgan fingerprint density at radius 1 is 1.41 bits per heavy atom. The third-order valence-corrected chi connectivity index (χ3v) is 2.08. The van der Waals surface area contributed by atoms with Gasteiger partial charge in [0, 0.05) is 12.6 Å². The van der Waals surface area contributed by atoms with Crippen LogP contribution in [0.2, 0.25) is 0 Å². The van der Waals surface area contributed by atoms with Crippen molar-refractivity contribution in [3.05, 3.63) is 18.3 Å². The Morgan fingerprint density at radius 3 is 2.82 bits per heavy atom. The van der Waals surface area contributed by atoms with Gasteiger partial charge in [-0.05, 0) is 19.4 Å². The van der Waals surface area contributed by atoms with E-state index in [9.17, 15) is 4.79 Å². The number of nitrogens with one attached hydrogen (secondary N) is 2. The van der Waals surface area contributed by atoms with E-state index in [1.807, 2.05) is 6.92 Å². The van der Waals surface area contributed by atoms with Crippen molar-refractivity contribution in [1.82, 2.24) is 10.3 Å². The minimum atomic E-state index is -0.228. The minimum absolute atomic E-state index is 0.228. The van der Waals surface area contributed by atoms with Crippen molar-refractivity contribution in [2.24, 2.45) is 0 Å². The summed E-state index contributed by atoms with van der Waals surface area (Å²) in [6, 6.07) is 3.29. The molecule has 2 N–H and O–H groups in total. The number of anilines is 1. The summed E-state index contributed by atoms with van der Waals surface area (Å²) in [6.07, 6.45) is 3.69. The van der Waals surface area contributed by atoms with Gasteiger partial charge in [-0.15, -0.1) is 0 Å². The molecular weight excluding hydrogens is 218 g/mol. The molecule has 0 atom stereocenters. The van der Waals surface area contributed by atoms with Crippen molar-refractivity contribution in [1.29, 1.82) is 0 Å². The first kappa shape index (κ1) is 13.3. The number of carbonyl (C=O) groups is 1. The Morgan fingerprint density at radius 2 is 2.24 bits per heavy atom. The van der Waals surface area contributed by atoms with E-state index >= 15 is 0 Å². The van der Waals surface area contributed by atoms with Crippen LogP contribution in [0.5, 0.6) is 5.88 Å². The molecule has 0 fully saturated rings. The van der Waals surface area contributed by atoms with E-state index in [2.05, 4.69) is 22.5 Å². The maximum atomic E-state index is 11.2. The van der Waals surface area contributed by atoms with E-state index < -0.39 is 0 Å². The van der Waals surface area contributed by atoms with E-state index in [0.29, 0.717) is 24.7 Å². The van der Waals surface area contributed by atoms with Gasteiger partial charge in [0.2, 0.25) is 5.88 Å². The third kappa shape index (κ3) is 5.19. The van der Waals surface area contributed by atoms with Crippen LogP contribution < -0.4 is 15.4 Å². The summed E-state index contributed by atoms with van der Waals surface area (Å²) >= 11 is 0. The third-order valence-electron chi connectivity index (χ3n) is 2.08. The van der Waals surface area contributed by atoms with Gasteiger partial charge in [0.25, 0.3) is 0 Å². The van der Waals surface area contributed by atoms with Crippen LogP contribution in [-0.2, 0) is 0 Å². The molecule has 0 aliphatic carbocycles. The van der Waals surface area contributed by atoms with Crippen LogP contribution in [0.1, 0.15) is 26.7 Å². The molecular formula is C12H19N3O2. The molecule has 5 nitrogen and oxygen atoms in total. The molecule has 1 rings (SSSR count). The van der Waals surface area contributed by atoms with Crippen LogP contribution in [-0.4, -0.2) is 24.2 Å². The van der Waals surface area contributed by atoms with Gasteiger partial charge in [0.1, 0.15) is 0 Å². The summed E-state index contributed by atoms with van der Waals surface area (Å²) in [5.41, 5.74) is 0.652. The van der Waals surface area contributed by atoms with E-state index in [-0.39, 0.29) is 6.03 Å². The van der Waals surface area contributed by atoms with Crippen LogP contribution in [0.25, 0.3) is 0 Å². The number of hydrogen-bond donors (Lipinski definition) is 2. The number of carbonyl (C=O) groups excluding carboxylic acids is 1. The van der Waals surface area contributed by atoms with Crippen molar-refractivity contribution < 1.29 is 9.53 Å². The number of ether oxygens (including phenoxy) is 1. The zero-order valence-corrected chi connectivity index (χ0v) is 10.3. The molecule has 94 valence electrons. The predicted octanol–water partition coefficient (Wildman–Crippen LogP) is 2.40. The topological polar surface area (TPSA) is 63.2 Å². The molecule has 0 aliphatic rings. The van der Waals surface area contributed by atoms with Gasteiger partial charge < -0.3 is 15.4 Å². The van der Waals surface area contributed by atoms with E-state index in [1.54, 1.807) is 18.3 Å². The average Bonchev–Trinajstić information content (AvgIpc) is 2.32. The smallest absolute Gasteiger partial charge is 0.319 e. The number of amides is 2. The normalized spacial score (nSPS) is 9.76. The molecule has 0 radical (unpaired) electrons. The summed E-state index contributed by atoms with van der Waals surface area (Å²) in [7, 11) is 0. The second kappa shape index (κ2) is 7.49. The second-order valence-electron chi connectivity index (χ2n) is 3.57. The Bertz CT molecular complexity index is 338. The molecule has 2 amide bonds. The zero-order valence-electron chi connectivity index (χ0n) is 10.3. The van der Waals surface area contributed by atoms with E-state index in [1.165, 1.54) is 0 Å². The van der Waals surface area contributed by atoms with Gasteiger partial charge in [0.15, 0.2) is 0 Å². The second-order valence-corrected chi connectivity index (χ2v) is 3.57. The average molecular weight is 237 g/mol. The maximum absolute atomic E-state index is 11.2. The van der Waals surface area contributed by atoms with Crippen LogP contribution in [0.3, 0.4) is 0 Å². The monoisotopic (exact) mass is 237 g/mol. The number of hydrogen-bond acceptors (Lipinski definition) is 3. The van der Waals surface area contributed by atoms with E-state index in [4.69, 9.17) is 4.74 Å². The Balaban J connectivity index is 2.41. The number of urea groups is 1. The highest BCUT2D eigenvalue weighted by Gasteiger charge is 2.00. The highest BCUT2D eigenvalue weighted by Crippen LogP contribution is 2.11. The highest BCUT2D eigenvalue weighted by molar-refractivity contribution is 5.88. The van der Waals surface area contributed by atoms with Gasteiger partial charge in [-0.25, -0.2) is 9.78 Å². The Labute approximate surface area is 102 Å². The van der Waals surface area contributed by atoms with Gasteiger partial charge in [-0.1, -0.05) is 13.3 Å². The first-order chi connectivity index (χ1) is 8.26. The van der Waals surface area contributed by atoms with Gasteiger partial charge >= 0.3 is 6.03 Å². The van der Waals surface area contributed by atoms with Crippen LogP contribution >= 0.6 is 0 Å². The van der Waals surface area contributed by atoms with Crippen LogP contribution in [0.4, 0.5) is 10.5 Å². The molecule has 1 heterocycles. The molecule has 1 aromatic heterocycles. The molecule has 0 saturated heterocycles. The molecule has 1 aromatic rings. The lowest BCUT2D eigenvalue weighted by atomic mass is 10.4. The number of nitrogens with zero attached hydrogens (tertiary/aromatic N) is 1. The summed E-state index contributed by atoms with van der Waals surface area (Å²) in [6.45, 7) is 5.24. The summed E-state index contributed by atoms with van der Waals surface area (Å²) in [5, 5.41) is 5.31. The zero-order chi connectivity index (χ0) is 12.5. The lowest BCUT2D eigenvalue weighted by Crippen LogP contribution is -2.28.